The summed E-state index contributed by atoms with van der Waals surface area (Å²) in [4.78, 5) is 0. The summed E-state index contributed by atoms with van der Waals surface area (Å²) in [6.07, 6.45) is 7.56. The number of hydrogen-bond acceptors (Lipinski definition) is 0. The third-order valence-corrected chi connectivity index (χ3v) is 2.25. The first kappa shape index (κ1) is 7.35. The first-order chi connectivity index (χ1) is 5.90. The maximum atomic E-state index is 2.20. The van der Waals surface area contributed by atoms with Crippen LogP contribution in [0.2, 0.25) is 0 Å². The van der Waals surface area contributed by atoms with Crippen LogP contribution in [0.5, 0.6) is 0 Å². The van der Waals surface area contributed by atoms with Crippen LogP contribution < -0.4 is 0 Å². The molecule has 0 spiro atoms. The second kappa shape index (κ2) is 2.98. The number of hydrogen-bond donors (Lipinski definition) is 0. The van der Waals surface area contributed by atoms with Crippen LogP contribution in [0, 0.1) is 0 Å². The van der Waals surface area contributed by atoms with Crippen LogP contribution in [-0.4, -0.2) is 0 Å². The number of rotatable bonds is 1. The van der Waals surface area contributed by atoms with Crippen LogP contribution in [0.15, 0.2) is 36.4 Å². The summed E-state index contributed by atoms with van der Waals surface area (Å²) < 4.78 is 0. The monoisotopic (exact) mass is 156 g/mol. The van der Waals surface area contributed by atoms with Crippen LogP contribution in [0.4, 0.5) is 0 Å². The van der Waals surface area contributed by atoms with Gasteiger partial charge in [0.2, 0.25) is 0 Å². The van der Waals surface area contributed by atoms with E-state index in [2.05, 4.69) is 49.4 Å². The maximum absolute atomic E-state index is 2.20. The highest BCUT2D eigenvalue weighted by atomic mass is 14.0. The lowest BCUT2D eigenvalue weighted by Gasteiger charge is -2.06. The highest BCUT2D eigenvalue weighted by Crippen LogP contribution is 2.21. The summed E-state index contributed by atoms with van der Waals surface area (Å²) in [5.41, 5.74) is 4.05. The van der Waals surface area contributed by atoms with Crippen molar-refractivity contribution in [2.24, 2.45) is 0 Å². The fourth-order valence-electron chi connectivity index (χ4n) is 1.50. The Kier molecular flexibility index (Phi) is 1.83. The zero-order valence-corrected chi connectivity index (χ0v) is 7.25. The van der Waals surface area contributed by atoms with Crippen LogP contribution in [-0.2, 0) is 0 Å². The predicted octanol–water partition coefficient (Wildman–Crippen LogP) is 3.51. The first-order valence-electron chi connectivity index (χ1n) is 4.38. The van der Waals surface area contributed by atoms with Crippen LogP contribution >= 0.6 is 0 Å². The molecule has 0 unspecified atom stereocenters. The molecule has 1 aromatic carbocycles. The lowest BCUT2D eigenvalue weighted by Crippen LogP contribution is -1.85. The van der Waals surface area contributed by atoms with Gasteiger partial charge in [-0.1, -0.05) is 49.4 Å². The van der Waals surface area contributed by atoms with E-state index < -0.39 is 0 Å². The molecule has 2 aliphatic carbocycles. The van der Waals surface area contributed by atoms with E-state index in [1.54, 1.807) is 0 Å². The Balaban J connectivity index is 2.55. The van der Waals surface area contributed by atoms with E-state index in [1.165, 1.54) is 16.7 Å². The van der Waals surface area contributed by atoms with Gasteiger partial charge < -0.3 is 0 Å². The molecule has 0 heteroatoms. The van der Waals surface area contributed by atoms with E-state index in [0.29, 0.717) is 0 Å². The molecule has 0 atom stereocenters. The van der Waals surface area contributed by atoms with Gasteiger partial charge in [0.25, 0.3) is 0 Å². The summed E-state index contributed by atoms with van der Waals surface area (Å²) >= 11 is 0. The molecule has 0 amide bonds. The first-order valence-corrected chi connectivity index (χ1v) is 4.38. The SMILES string of the molecule is CCC1=CC=Cc2ccc1cc2. The second-order valence-electron chi connectivity index (χ2n) is 3.03. The summed E-state index contributed by atoms with van der Waals surface area (Å²) in [7, 11) is 0. The molecular formula is C12H12. The predicted molar refractivity (Wildman–Crippen MR) is 53.7 cm³/mol. The molecule has 0 heterocycles. The van der Waals surface area contributed by atoms with E-state index in [0.717, 1.165) is 6.42 Å². The Morgan fingerprint density at radius 3 is 2.50 bits per heavy atom. The van der Waals surface area contributed by atoms with Gasteiger partial charge >= 0.3 is 0 Å². The van der Waals surface area contributed by atoms with E-state index >= 15 is 0 Å². The molecule has 1 aromatic rings. The van der Waals surface area contributed by atoms with Crippen molar-refractivity contribution in [2.75, 3.05) is 0 Å². The molecule has 12 heavy (non-hydrogen) atoms. The van der Waals surface area contributed by atoms with Gasteiger partial charge in [-0.3, -0.25) is 0 Å². The van der Waals surface area contributed by atoms with Gasteiger partial charge in [-0.05, 0) is 23.1 Å². The fraction of sp³-hybridized carbons (Fsp3) is 0.167. The molecule has 0 saturated heterocycles. The Bertz CT molecular complexity index is 326. The van der Waals surface area contributed by atoms with Crippen LogP contribution in [0.25, 0.3) is 11.6 Å². The smallest absolute Gasteiger partial charge is 0.0224 e. The molecule has 3 rings (SSSR count). The van der Waals surface area contributed by atoms with Crippen molar-refractivity contribution in [1.29, 1.82) is 0 Å². The van der Waals surface area contributed by atoms with Crippen LogP contribution in [0.1, 0.15) is 24.5 Å². The fourth-order valence-corrected chi connectivity index (χ4v) is 1.50. The molecule has 0 saturated carbocycles. The van der Waals surface area contributed by atoms with Gasteiger partial charge in [0.1, 0.15) is 0 Å². The Morgan fingerprint density at radius 2 is 1.83 bits per heavy atom. The molecular weight excluding hydrogens is 144 g/mol. The molecule has 60 valence electrons. The third kappa shape index (κ3) is 1.20. The molecule has 0 aliphatic heterocycles. The molecule has 0 fully saturated rings. The molecule has 0 aromatic heterocycles. The Labute approximate surface area is 73.2 Å². The average molecular weight is 156 g/mol. The Morgan fingerprint density at radius 1 is 1.08 bits per heavy atom. The zero-order valence-electron chi connectivity index (χ0n) is 7.25. The summed E-state index contributed by atoms with van der Waals surface area (Å²) in [6, 6.07) is 8.70. The minimum Gasteiger partial charge on any atom is -0.0614 e. The lowest BCUT2D eigenvalue weighted by atomic mass is 9.99. The third-order valence-electron chi connectivity index (χ3n) is 2.25. The van der Waals surface area contributed by atoms with Crippen molar-refractivity contribution < 1.29 is 0 Å². The van der Waals surface area contributed by atoms with Crippen molar-refractivity contribution in [3.8, 4) is 0 Å². The maximum Gasteiger partial charge on any atom is -0.0224 e. The minimum atomic E-state index is 1.10. The minimum absolute atomic E-state index is 1.10. The number of fused-ring (bicyclic) bond motifs is 3. The van der Waals surface area contributed by atoms with E-state index in [-0.39, 0.29) is 0 Å². The topological polar surface area (TPSA) is 0 Å². The summed E-state index contributed by atoms with van der Waals surface area (Å²) in [5.74, 6) is 0. The molecule has 2 aliphatic rings. The molecule has 0 radical (unpaired) electrons. The normalized spacial score (nSPS) is 13.9. The molecule has 0 N–H and O–H groups in total. The summed E-state index contributed by atoms with van der Waals surface area (Å²) in [6.45, 7) is 2.19. The van der Waals surface area contributed by atoms with Crippen molar-refractivity contribution in [1.82, 2.24) is 0 Å². The van der Waals surface area contributed by atoms with Gasteiger partial charge in [0, 0.05) is 0 Å². The van der Waals surface area contributed by atoms with E-state index in [1.807, 2.05) is 0 Å². The van der Waals surface area contributed by atoms with Gasteiger partial charge in [-0.2, -0.15) is 0 Å². The van der Waals surface area contributed by atoms with E-state index in [9.17, 15) is 0 Å². The number of benzene rings is 1. The highest BCUT2D eigenvalue weighted by molar-refractivity contribution is 5.71. The van der Waals surface area contributed by atoms with Gasteiger partial charge in [0.15, 0.2) is 0 Å². The Hall–Kier alpha value is -1.30. The second-order valence-corrected chi connectivity index (χ2v) is 3.03. The van der Waals surface area contributed by atoms with Crippen LogP contribution in [0.3, 0.4) is 0 Å². The van der Waals surface area contributed by atoms with Gasteiger partial charge in [-0.15, -0.1) is 0 Å². The van der Waals surface area contributed by atoms with Crippen molar-refractivity contribution in [2.45, 2.75) is 13.3 Å². The number of allylic oxidation sites excluding steroid dienone is 3. The van der Waals surface area contributed by atoms with Crippen molar-refractivity contribution in [3.63, 3.8) is 0 Å². The van der Waals surface area contributed by atoms with Crippen molar-refractivity contribution >= 4 is 11.6 Å². The van der Waals surface area contributed by atoms with Gasteiger partial charge in [-0.25, -0.2) is 0 Å². The standard InChI is InChI=1S/C12H12/c1-2-11-5-3-4-10-6-8-12(11)9-7-10/h3-9H,2H2,1H3. The summed E-state index contributed by atoms with van der Waals surface area (Å²) in [5, 5.41) is 0. The highest BCUT2D eigenvalue weighted by Gasteiger charge is 1.99. The zero-order chi connectivity index (χ0) is 8.39. The van der Waals surface area contributed by atoms with E-state index in [4.69, 9.17) is 0 Å². The quantitative estimate of drug-likeness (QED) is 0.583. The average Bonchev–Trinajstić information content (AvgIpc) is 2.06. The molecule has 0 nitrogen and oxygen atoms in total. The molecule has 2 bridgehead atoms. The van der Waals surface area contributed by atoms with Crippen molar-refractivity contribution in [3.05, 3.63) is 47.5 Å². The van der Waals surface area contributed by atoms with Gasteiger partial charge in [0.05, 0.1) is 0 Å². The lowest BCUT2D eigenvalue weighted by molar-refractivity contribution is 1.24. The largest absolute Gasteiger partial charge is 0.0614 e.